The molecule has 0 amide bonds. The van der Waals surface area contributed by atoms with Crippen LogP contribution >= 0.6 is 34.7 Å². The van der Waals surface area contributed by atoms with Crippen molar-refractivity contribution in [1.82, 2.24) is 14.5 Å². The number of hydrogen-bond acceptors (Lipinski definition) is 4. The first-order chi connectivity index (χ1) is 8.16. The SMILES string of the molecule is CN(Cc1ccccc1Cl)Cc1nnsc1Cl. The van der Waals surface area contributed by atoms with Gasteiger partial charge in [0.2, 0.25) is 0 Å². The second-order valence-electron chi connectivity index (χ2n) is 3.76. The molecule has 1 aromatic carbocycles. The molecule has 1 heterocycles. The molecule has 0 aliphatic heterocycles. The largest absolute Gasteiger partial charge is 0.296 e. The maximum Gasteiger partial charge on any atom is 0.138 e. The summed E-state index contributed by atoms with van der Waals surface area (Å²) in [7, 11) is 2.00. The maximum absolute atomic E-state index is 6.10. The van der Waals surface area contributed by atoms with Crippen molar-refractivity contribution in [2.75, 3.05) is 7.05 Å². The van der Waals surface area contributed by atoms with E-state index >= 15 is 0 Å². The van der Waals surface area contributed by atoms with E-state index in [9.17, 15) is 0 Å². The van der Waals surface area contributed by atoms with Crippen LogP contribution in [0.2, 0.25) is 9.36 Å². The Hall–Kier alpha value is -0.680. The summed E-state index contributed by atoms with van der Waals surface area (Å²) in [4.78, 5) is 2.10. The van der Waals surface area contributed by atoms with Gasteiger partial charge in [0, 0.05) is 29.6 Å². The molecule has 0 radical (unpaired) electrons. The second kappa shape index (κ2) is 5.78. The zero-order valence-electron chi connectivity index (χ0n) is 9.23. The summed E-state index contributed by atoms with van der Waals surface area (Å²) < 4.78 is 4.46. The fourth-order valence-electron chi connectivity index (χ4n) is 1.52. The standard InChI is InChI=1S/C11H11Cl2N3S/c1-16(7-10-11(13)17-15-14-10)6-8-4-2-3-5-9(8)12/h2-5H,6-7H2,1H3. The molecule has 2 rings (SSSR count). The summed E-state index contributed by atoms with van der Waals surface area (Å²) in [6, 6.07) is 7.81. The highest BCUT2D eigenvalue weighted by Gasteiger charge is 2.10. The lowest BCUT2D eigenvalue weighted by atomic mass is 10.2. The summed E-state index contributed by atoms with van der Waals surface area (Å²) in [5.74, 6) is 0. The Labute approximate surface area is 114 Å². The van der Waals surface area contributed by atoms with Crippen LogP contribution in [0.1, 0.15) is 11.3 Å². The van der Waals surface area contributed by atoms with E-state index in [1.54, 1.807) is 0 Å². The lowest BCUT2D eigenvalue weighted by molar-refractivity contribution is 0.315. The average molecular weight is 288 g/mol. The molecule has 0 saturated carbocycles. The fraction of sp³-hybridized carbons (Fsp3) is 0.273. The molecular weight excluding hydrogens is 277 g/mol. The van der Waals surface area contributed by atoms with E-state index in [4.69, 9.17) is 23.2 Å². The van der Waals surface area contributed by atoms with Gasteiger partial charge in [0.15, 0.2) is 0 Å². The Bertz CT molecular complexity index is 501. The Morgan fingerprint density at radius 2 is 2.00 bits per heavy atom. The summed E-state index contributed by atoms with van der Waals surface area (Å²) in [6.45, 7) is 1.42. The highest BCUT2D eigenvalue weighted by Crippen LogP contribution is 2.21. The third-order valence-corrected chi connectivity index (χ3v) is 3.68. The first-order valence-electron chi connectivity index (χ1n) is 5.05. The van der Waals surface area contributed by atoms with E-state index in [2.05, 4.69) is 14.5 Å². The molecule has 0 N–H and O–H groups in total. The zero-order valence-corrected chi connectivity index (χ0v) is 11.6. The molecule has 0 saturated heterocycles. The van der Waals surface area contributed by atoms with Crippen molar-refractivity contribution < 1.29 is 0 Å². The zero-order chi connectivity index (χ0) is 12.3. The first kappa shape index (κ1) is 12.8. The number of hydrogen-bond donors (Lipinski definition) is 0. The normalized spacial score (nSPS) is 11.1. The molecule has 6 heteroatoms. The van der Waals surface area contributed by atoms with Gasteiger partial charge >= 0.3 is 0 Å². The highest BCUT2D eigenvalue weighted by atomic mass is 35.5. The summed E-state index contributed by atoms with van der Waals surface area (Å²) in [5.41, 5.74) is 1.90. The van der Waals surface area contributed by atoms with E-state index < -0.39 is 0 Å². The average Bonchev–Trinajstić information content (AvgIpc) is 2.68. The van der Waals surface area contributed by atoms with Crippen molar-refractivity contribution in [2.24, 2.45) is 0 Å². The van der Waals surface area contributed by atoms with Crippen LogP contribution in [-0.4, -0.2) is 21.5 Å². The van der Waals surface area contributed by atoms with E-state index in [1.807, 2.05) is 31.3 Å². The van der Waals surface area contributed by atoms with Gasteiger partial charge in [-0.1, -0.05) is 45.9 Å². The topological polar surface area (TPSA) is 29.0 Å². The van der Waals surface area contributed by atoms with Crippen LogP contribution in [0, 0.1) is 0 Å². The van der Waals surface area contributed by atoms with Crippen molar-refractivity contribution in [1.29, 1.82) is 0 Å². The quantitative estimate of drug-likeness (QED) is 0.862. The molecule has 0 unspecified atom stereocenters. The van der Waals surface area contributed by atoms with Gasteiger partial charge in [0.25, 0.3) is 0 Å². The van der Waals surface area contributed by atoms with Crippen LogP contribution in [-0.2, 0) is 13.1 Å². The maximum atomic E-state index is 6.10. The highest BCUT2D eigenvalue weighted by molar-refractivity contribution is 7.10. The number of benzene rings is 1. The van der Waals surface area contributed by atoms with Crippen LogP contribution in [0.3, 0.4) is 0 Å². The van der Waals surface area contributed by atoms with Gasteiger partial charge in [0.05, 0.1) is 0 Å². The summed E-state index contributed by atoms with van der Waals surface area (Å²) in [6.07, 6.45) is 0. The molecule has 90 valence electrons. The molecule has 1 aromatic heterocycles. The second-order valence-corrected chi connectivity index (χ2v) is 5.52. The van der Waals surface area contributed by atoms with E-state index in [-0.39, 0.29) is 0 Å². The molecule has 0 bridgehead atoms. The third-order valence-electron chi connectivity index (χ3n) is 2.33. The van der Waals surface area contributed by atoms with Crippen molar-refractivity contribution in [3.63, 3.8) is 0 Å². The van der Waals surface area contributed by atoms with Crippen molar-refractivity contribution >= 4 is 34.7 Å². The molecule has 0 aliphatic rings. The van der Waals surface area contributed by atoms with Crippen molar-refractivity contribution in [3.8, 4) is 0 Å². The molecule has 17 heavy (non-hydrogen) atoms. The number of aromatic nitrogens is 2. The fourth-order valence-corrected chi connectivity index (χ4v) is 2.33. The first-order valence-corrected chi connectivity index (χ1v) is 6.58. The molecule has 0 atom stereocenters. The minimum Gasteiger partial charge on any atom is -0.296 e. The molecule has 0 fully saturated rings. The van der Waals surface area contributed by atoms with Crippen molar-refractivity contribution in [3.05, 3.63) is 44.9 Å². The van der Waals surface area contributed by atoms with Gasteiger partial charge in [0.1, 0.15) is 10.0 Å². The molecule has 0 aliphatic carbocycles. The van der Waals surface area contributed by atoms with Gasteiger partial charge in [-0.2, -0.15) is 0 Å². The van der Waals surface area contributed by atoms with E-state index in [1.165, 1.54) is 11.5 Å². The predicted octanol–water partition coefficient (Wildman–Crippen LogP) is 3.48. The van der Waals surface area contributed by atoms with Gasteiger partial charge in [-0.25, -0.2) is 0 Å². The van der Waals surface area contributed by atoms with Crippen LogP contribution in [0.5, 0.6) is 0 Å². The summed E-state index contributed by atoms with van der Waals surface area (Å²) in [5, 5.41) is 4.76. The molecule has 0 spiro atoms. The number of halogens is 2. The van der Waals surface area contributed by atoms with Crippen LogP contribution in [0.25, 0.3) is 0 Å². The van der Waals surface area contributed by atoms with E-state index in [0.29, 0.717) is 10.9 Å². The van der Waals surface area contributed by atoms with Crippen LogP contribution in [0.15, 0.2) is 24.3 Å². The Morgan fingerprint density at radius 3 is 2.65 bits per heavy atom. The lowest BCUT2D eigenvalue weighted by Crippen LogP contribution is -2.17. The Balaban J connectivity index is 2.01. The Morgan fingerprint density at radius 1 is 1.24 bits per heavy atom. The predicted molar refractivity (Wildman–Crippen MR) is 71.5 cm³/mol. The molecule has 3 nitrogen and oxygen atoms in total. The van der Waals surface area contributed by atoms with Gasteiger partial charge in [-0.15, -0.1) is 5.10 Å². The monoisotopic (exact) mass is 287 g/mol. The van der Waals surface area contributed by atoms with Gasteiger partial charge < -0.3 is 0 Å². The molecule has 2 aromatic rings. The smallest absolute Gasteiger partial charge is 0.138 e. The Kier molecular flexibility index (Phi) is 4.34. The number of nitrogens with zero attached hydrogens (tertiary/aromatic N) is 3. The minimum absolute atomic E-state index is 0.649. The summed E-state index contributed by atoms with van der Waals surface area (Å²) >= 11 is 13.3. The number of rotatable bonds is 4. The van der Waals surface area contributed by atoms with Gasteiger partial charge in [-0.05, 0) is 18.7 Å². The molecular formula is C11H11Cl2N3S. The van der Waals surface area contributed by atoms with Crippen LogP contribution in [0.4, 0.5) is 0 Å². The minimum atomic E-state index is 0.649. The third kappa shape index (κ3) is 3.39. The van der Waals surface area contributed by atoms with E-state index in [0.717, 1.165) is 22.8 Å². The van der Waals surface area contributed by atoms with Crippen LogP contribution < -0.4 is 0 Å². The van der Waals surface area contributed by atoms with Crippen molar-refractivity contribution in [2.45, 2.75) is 13.1 Å². The van der Waals surface area contributed by atoms with Gasteiger partial charge in [-0.3, -0.25) is 4.90 Å². The lowest BCUT2D eigenvalue weighted by Gasteiger charge is -2.16.